The first-order valence-corrected chi connectivity index (χ1v) is 7.94. The number of aromatic hydroxyl groups is 1. The van der Waals surface area contributed by atoms with Gasteiger partial charge in [0.15, 0.2) is 5.12 Å². The summed E-state index contributed by atoms with van der Waals surface area (Å²) in [7, 11) is 0. The number of carbonyl (C=O) groups excluding carboxylic acids is 1. The molecular weight excluding hydrogens is 282 g/mol. The molecule has 21 heavy (non-hydrogen) atoms. The first kappa shape index (κ1) is 15.4. The Morgan fingerprint density at radius 2 is 1.81 bits per heavy atom. The van der Waals surface area contributed by atoms with E-state index in [-0.39, 0.29) is 16.9 Å². The number of phenolic OH excluding ortho intramolecular Hbond substituents is 1. The van der Waals surface area contributed by atoms with Gasteiger partial charge in [0.2, 0.25) is 0 Å². The summed E-state index contributed by atoms with van der Waals surface area (Å²) in [6.07, 6.45) is 0.386. The Morgan fingerprint density at radius 1 is 1.14 bits per heavy atom. The van der Waals surface area contributed by atoms with Gasteiger partial charge in [0.05, 0.1) is 11.7 Å². The molecule has 0 aliphatic carbocycles. The number of rotatable bonds is 6. The second-order valence-electron chi connectivity index (χ2n) is 4.63. The third-order valence-electron chi connectivity index (χ3n) is 3.11. The van der Waals surface area contributed by atoms with E-state index in [1.807, 2.05) is 49.4 Å². The molecule has 1 atom stereocenters. The van der Waals surface area contributed by atoms with Crippen molar-refractivity contribution in [3.63, 3.8) is 0 Å². The molecule has 0 bridgehead atoms. The molecule has 4 heteroatoms. The third kappa shape index (κ3) is 4.53. The van der Waals surface area contributed by atoms with Crippen LogP contribution < -0.4 is 5.32 Å². The van der Waals surface area contributed by atoms with Crippen molar-refractivity contribution in [2.24, 2.45) is 0 Å². The molecule has 2 aromatic rings. The number of hydrogen-bond acceptors (Lipinski definition) is 4. The highest BCUT2D eigenvalue weighted by atomic mass is 32.2. The number of hydrogen-bond donors (Lipinski definition) is 2. The number of benzene rings is 2. The molecule has 0 radical (unpaired) electrons. The third-order valence-corrected chi connectivity index (χ3v) is 3.89. The Hall–Kier alpha value is -1.94. The zero-order valence-corrected chi connectivity index (χ0v) is 12.8. The molecule has 0 aliphatic heterocycles. The van der Waals surface area contributed by atoms with Crippen molar-refractivity contribution in [1.29, 1.82) is 0 Å². The molecule has 110 valence electrons. The summed E-state index contributed by atoms with van der Waals surface area (Å²) in [4.78, 5) is 12.0. The summed E-state index contributed by atoms with van der Waals surface area (Å²) in [5, 5.41) is 13.3. The van der Waals surface area contributed by atoms with E-state index in [0.29, 0.717) is 12.1 Å². The van der Waals surface area contributed by atoms with Crippen LogP contribution in [0.3, 0.4) is 0 Å². The van der Waals surface area contributed by atoms with Gasteiger partial charge in [-0.05, 0) is 23.4 Å². The monoisotopic (exact) mass is 301 g/mol. The summed E-state index contributed by atoms with van der Waals surface area (Å²) in [6, 6.07) is 16.7. The maximum absolute atomic E-state index is 12.0. The summed E-state index contributed by atoms with van der Waals surface area (Å²) in [5.41, 5.74) is 1.67. The lowest BCUT2D eigenvalue weighted by Crippen LogP contribution is -2.14. The van der Waals surface area contributed by atoms with Gasteiger partial charge in [-0.15, -0.1) is 0 Å². The van der Waals surface area contributed by atoms with Crippen LogP contribution in [0.4, 0.5) is 5.69 Å². The lowest BCUT2D eigenvalue weighted by molar-refractivity contribution is -0.111. The van der Waals surface area contributed by atoms with Crippen LogP contribution in [0.2, 0.25) is 0 Å². The molecule has 2 aromatic carbocycles. The Balaban J connectivity index is 2.20. The van der Waals surface area contributed by atoms with Crippen LogP contribution in [0.25, 0.3) is 0 Å². The van der Waals surface area contributed by atoms with Crippen LogP contribution in [0.15, 0.2) is 54.6 Å². The number of nitrogens with one attached hydrogen (secondary N) is 1. The highest BCUT2D eigenvalue weighted by molar-refractivity contribution is 8.13. The summed E-state index contributed by atoms with van der Waals surface area (Å²) < 4.78 is 0. The molecule has 0 saturated carbocycles. The average Bonchev–Trinajstić information content (AvgIpc) is 2.50. The van der Waals surface area contributed by atoms with E-state index in [1.165, 1.54) is 11.8 Å². The van der Waals surface area contributed by atoms with Crippen LogP contribution in [-0.2, 0) is 4.79 Å². The normalized spacial score (nSPS) is 11.9. The maximum atomic E-state index is 12.0. The smallest absolute Gasteiger partial charge is 0.191 e. The van der Waals surface area contributed by atoms with Gasteiger partial charge in [0.25, 0.3) is 0 Å². The molecule has 2 rings (SSSR count). The van der Waals surface area contributed by atoms with E-state index in [1.54, 1.807) is 12.1 Å². The molecule has 1 unspecified atom stereocenters. The number of thioether (sulfide) groups is 1. The molecule has 0 saturated heterocycles. The van der Waals surface area contributed by atoms with E-state index in [9.17, 15) is 9.90 Å². The highest BCUT2D eigenvalue weighted by Crippen LogP contribution is 2.29. The van der Waals surface area contributed by atoms with Crippen molar-refractivity contribution >= 4 is 22.6 Å². The van der Waals surface area contributed by atoms with Crippen molar-refractivity contribution in [3.8, 4) is 5.75 Å². The van der Waals surface area contributed by atoms with Crippen molar-refractivity contribution in [2.45, 2.75) is 19.4 Å². The number of phenols is 1. The van der Waals surface area contributed by atoms with Gasteiger partial charge in [-0.1, -0.05) is 61.2 Å². The van der Waals surface area contributed by atoms with E-state index in [0.717, 1.165) is 11.3 Å². The molecule has 2 N–H and O–H groups in total. The van der Waals surface area contributed by atoms with Crippen LogP contribution in [0.5, 0.6) is 5.75 Å². The molecule has 0 amide bonds. The minimum atomic E-state index is -0.147. The molecule has 0 aromatic heterocycles. The van der Waals surface area contributed by atoms with Gasteiger partial charge in [-0.3, -0.25) is 4.79 Å². The Morgan fingerprint density at radius 3 is 2.48 bits per heavy atom. The summed E-state index contributed by atoms with van der Waals surface area (Å²) in [5.74, 6) is 0.964. The van der Waals surface area contributed by atoms with Gasteiger partial charge in [-0.25, -0.2) is 0 Å². The predicted octanol–water partition coefficient (Wildman–Crippen LogP) is 4.22. The maximum Gasteiger partial charge on any atom is 0.191 e. The Labute approximate surface area is 129 Å². The number of anilines is 1. The van der Waals surface area contributed by atoms with Gasteiger partial charge in [-0.2, -0.15) is 0 Å². The fraction of sp³-hybridized carbons (Fsp3) is 0.235. The van der Waals surface area contributed by atoms with Gasteiger partial charge in [0, 0.05) is 6.42 Å². The van der Waals surface area contributed by atoms with Crippen LogP contribution >= 0.6 is 11.8 Å². The van der Waals surface area contributed by atoms with Crippen molar-refractivity contribution in [3.05, 3.63) is 60.2 Å². The highest BCUT2D eigenvalue weighted by Gasteiger charge is 2.17. The minimum Gasteiger partial charge on any atom is -0.506 e. The van der Waals surface area contributed by atoms with Crippen LogP contribution in [0.1, 0.15) is 24.9 Å². The molecule has 0 aliphatic rings. The number of carbonyl (C=O) groups is 1. The van der Waals surface area contributed by atoms with Crippen LogP contribution in [-0.4, -0.2) is 16.0 Å². The van der Waals surface area contributed by atoms with E-state index < -0.39 is 0 Å². The summed E-state index contributed by atoms with van der Waals surface area (Å²) >= 11 is 1.33. The number of para-hydroxylation sites is 2. The van der Waals surface area contributed by atoms with E-state index in [4.69, 9.17) is 0 Å². The van der Waals surface area contributed by atoms with Gasteiger partial charge >= 0.3 is 0 Å². The van der Waals surface area contributed by atoms with Crippen molar-refractivity contribution in [1.82, 2.24) is 0 Å². The largest absolute Gasteiger partial charge is 0.506 e. The summed E-state index contributed by atoms with van der Waals surface area (Å²) in [6.45, 7) is 1.97. The second kappa shape index (κ2) is 7.74. The lowest BCUT2D eigenvalue weighted by atomic mass is 10.0. The Bertz CT molecular complexity index is 586. The van der Waals surface area contributed by atoms with E-state index >= 15 is 0 Å². The fourth-order valence-electron chi connectivity index (χ4n) is 2.11. The van der Waals surface area contributed by atoms with Gasteiger partial charge in [0.1, 0.15) is 5.75 Å². The lowest BCUT2D eigenvalue weighted by Gasteiger charge is -2.20. The molecule has 3 nitrogen and oxygen atoms in total. The minimum absolute atomic E-state index is 0.147. The molecule has 0 spiro atoms. The topological polar surface area (TPSA) is 49.3 Å². The molecule has 0 fully saturated rings. The second-order valence-corrected chi connectivity index (χ2v) is 5.96. The molecule has 0 heterocycles. The van der Waals surface area contributed by atoms with E-state index in [2.05, 4.69) is 5.32 Å². The zero-order chi connectivity index (χ0) is 15.1. The first-order chi connectivity index (χ1) is 10.2. The van der Waals surface area contributed by atoms with Crippen molar-refractivity contribution in [2.75, 3.05) is 11.1 Å². The zero-order valence-electron chi connectivity index (χ0n) is 12.0. The van der Waals surface area contributed by atoms with Crippen molar-refractivity contribution < 1.29 is 9.90 Å². The quantitative estimate of drug-likeness (QED) is 0.785. The fourth-order valence-corrected chi connectivity index (χ4v) is 2.71. The molecular formula is C17H19NO2S. The van der Waals surface area contributed by atoms with Crippen LogP contribution in [0, 0.1) is 0 Å². The standard InChI is InChI=1S/C17H19NO2S/c1-2-21-17(20)12-15(13-8-4-3-5-9-13)18-14-10-6-7-11-16(14)19/h3-11,15,18-19H,2,12H2,1H3. The first-order valence-electron chi connectivity index (χ1n) is 6.95. The Kier molecular flexibility index (Phi) is 5.69. The average molecular weight is 301 g/mol. The van der Waals surface area contributed by atoms with Gasteiger partial charge < -0.3 is 10.4 Å². The predicted molar refractivity (Wildman–Crippen MR) is 88.7 cm³/mol. The SMILES string of the molecule is CCSC(=O)CC(Nc1ccccc1O)c1ccccc1.